The number of hydrogen-bond acceptors (Lipinski definition) is 8. The average Bonchev–Trinajstić information content (AvgIpc) is 3.36. The number of aromatic nitrogens is 3. The molecule has 5 rings (SSSR count). The van der Waals surface area contributed by atoms with Crippen LogP contribution in [0.1, 0.15) is 40.5 Å². The fourth-order valence-corrected chi connectivity index (χ4v) is 4.72. The molecule has 38 heavy (non-hydrogen) atoms. The molecule has 1 saturated heterocycles. The highest BCUT2D eigenvalue weighted by atomic mass is 16.5. The maximum atomic E-state index is 12.8. The van der Waals surface area contributed by atoms with Gasteiger partial charge in [-0.1, -0.05) is 12.1 Å². The Kier molecular flexibility index (Phi) is 7.12. The molecule has 0 saturated carbocycles. The summed E-state index contributed by atoms with van der Waals surface area (Å²) in [7, 11) is 4.58. The number of benzene rings is 2. The van der Waals surface area contributed by atoms with Crippen LogP contribution in [0.3, 0.4) is 0 Å². The minimum absolute atomic E-state index is 0.0370. The van der Waals surface area contributed by atoms with Gasteiger partial charge in [-0.05, 0) is 37.1 Å². The molecule has 196 valence electrons. The Morgan fingerprint density at radius 2 is 1.95 bits per heavy atom. The lowest BCUT2D eigenvalue weighted by molar-refractivity contribution is -0.124. The van der Waals surface area contributed by atoms with Gasteiger partial charge in [0.1, 0.15) is 28.5 Å². The number of hydrogen-bond donors (Lipinski definition) is 2. The van der Waals surface area contributed by atoms with E-state index in [2.05, 4.69) is 15.6 Å². The molecular weight excluding hydrogens is 486 g/mol. The number of imidazole rings is 1. The van der Waals surface area contributed by atoms with Gasteiger partial charge in [0.25, 0.3) is 0 Å². The Morgan fingerprint density at radius 3 is 2.66 bits per heavy atom. The molecule has 10 nitrogen and oxygen atoms in total. The van der Waals surface area contributed by atoms with Crippen molar-refractivity contribution in [1.82, 2.24) is 19.7 Å². The highest BCUT2D eigenvalue weighted by molar-refractivity contribution is 5.92. The number of carbonyl (C=O) groups is 2. The lowest BCUT2D eigenvalue weighted by Crippen LogP contribution is -2.35. The van der Waals surface area contributed by atoms with Gasteiger partial charge >= 0.3 is 5.97 Å². The maximum Gasteiger partial charge on any atom is 0.337 e. The minimum atomic E-state index is -0.414. The molecule has 1 amide bonds. The number of carbonyl (C=O) groups excluding carboxylic acids is 2. The Hall–Kier alpha value is -4.60. The molecule has 2 N–H and O–H groups in total. The van der Waals surface area contributed by atoms with Crippen LogP contribution in [0, 0.1) is 0 Å². The summed E-state index contributed by atoms with van der Waals surface area (Å²) in [4.78, 5) is 34.3. The number of piperidine rings is 1. The van der Waals surface area contributed by atoms with Crippen molar-refractivity contribution in [3.8, 4) is 22.8 Å². The van der Waals surface area contributed by atoms with Crippen molar-refractivity contribution < 1.29 is 23.8 Å². The molecule has 2 aromatic heterocycles. The second-order valence-electron chi connectivity index (χ2n) is 8.90. The number of amides is 1. The number of anilines is 1. The van der Waals surface area contributed by atoms with Crippen LogP contribution in [0.15, 0.2) is 54.9 Å². The molecule has 10 heteroatoms. The number of nitrogens with zero attached hydrogens (tertiary/aromatic N) is 3. The zero-order chi connectivity index (χ0) is 26.6. The summed E-state index contributed by atoms with van der Waals surface area (Å²) < 4.78 is 17.6. The van der Waals surface area contributed by atoms with Crippen molar-refractivity contribution >= 4 is 23.2 Å². The summed E-state index contributed by atoms with van der Waals surface area (Å²) in [5.41, 5.74) is 3.55. The van der Waals surface area contributed by atoms with Crippen molar-refractivity contribution in [1.29, 1.82) is 0 Å². The Balaban J connectivity index is 1.59. The zero-order valence-corrected chi connectivity index (χ0v) is 21.5. The van der Waals surface area contributed by atoms with E-state index in [1.54, 1.807) is 32.5 Å². The van der Waals surface area contributed by atoms with Crippen LogP contribution >= 0.6 is 0 Å². The topological polar surface area (TPSA) is 116 Å². The third-order valence-electron chi connectivity index (χ3n) is 6.70. The minimum Gasteiger partial charge on any atom is -0.497 e. The molecule has 3 heterocycles. The second-order valence-corrected chi connectivity index (χ2v) is 8.90. The van der Waals surface area contributed by atoms with Crippen molar-refractivity contribution in [3.63, 3.8) is 0 Å². The SMILES string of the molecule is COC(=O)c1ccc(-c2nc([C@H]3CCCNC3=O)n3ccnc(NCc4ccc(OC)cc4OC)c23)cc1. The second kappa shape index (κ2) is 10.8. The first kappa shape index (κ1) is 25.1. The Morgan fingerprint density at radius 1 is 1.13 bits per heavy atom. The van der Waals surface area contributed by atoms with E-state index in [0.29, 0.717) is 53.9 Å². The van der Waals surface area contributed by atoms with Gasteiger partial charge in [0.05, 0.1) is 32.8 Å². The third kappa shape index (κ3) is 4.72. The van der Waals surface area contributed by atoms with Crippen LogP contribution in [-0.4, -0.2) is 54.1 Å². The fraction of sp³-hybridized carbons (Fsp3) is 0.286. The first-order valence-electron chi connectivity index (χ1n) is 12.3. The molecule has 0 aliphatic carbocycles. The highest BCUT2D eigenvalue weighted by Gasteiger charge is 2.30. The molecule has 1 aliphatic rings. The van der Waals surface area contributed by atoms with Gasteiger partial charge in [-0.2, -0.15) is 0 Å². The lowest BCUT2D eigenvalue weighted by atomic mass is 9.98. The van der Waals surface area contributed by atoms with Gasteiger partial charge in [0, 0.05) is 42.7 Å². The third-order valence-corrected chi connectivity index (χ3v) is 6.70. The summed E-state index contributed by atoms with van der Waals surface area (Å²) in [5, 5.41) is 6.38. The van der Waals surface area contributed by atoms with Crippen LogP contribution in [0.5, 0.6) is 11.5 Å². The van der Waals surface area contributed by atoms with Gasteiger partial charge in [0.15, 0.2) is 5.82 Å². The number of methoxy groups -OCH3 is 3. The summed E-state index contributed by atoms with van der Waals surface area (Å²) >= 11 is 0. The monoisotopic (exact) mass is 515 g/mol. The predicted molar refractivity (Wildman–Crippen MR) is 142 cm³/mol. The predicted octanol–water partition coefficient (Wildman–Crippen LogP) is 3.81. The lowest BCUT2D eigenvalue weighted by Gasteiger charge is -2.20. The highest BCUT2D eigenvalue weighted by Crippen LogP contribution is 2.34. The maximum absolute atomic E-state index is 12.8. The van der Waals surface area contributed by atoms with Crippen LogP contribution < -0.4 is 20.1 Å². The number of esters is 1. The number of ether oxygens (including phenoxy) is 3. The van der Waals surface area contributed by atoms with Gasteiger partial charge in [-0.15, -0.1) is 0 Å². The average molecular weight is 516 g/mol. The van der Waals surface area contributed by atoms with E-state index in [-0.39, 0.29) is 11.8 Å². The molecule has 1 aliphatic heterocycles. The van der Waals surface area contributed by atoms with Crippen molar-refractivity contribution in [2.75, 3.05) is 33.2 Å². The van der Waals surface area contributed by atoms with E-state index in [1.165, 1.54) is 7.11 Å². The van der Waals surface area contributed by atoms with Crippen LogP contribution in [0.25, 0.3) is 16.8 Å². The number of rotatable bonds is 8. The molecule has 0 unspecified atom stereocenters. The largest absolute Gasteiger partial charge is 0.497 e. The smallest absolute Gasteiger partial charge is 0.337 e. The number of fused-ring (bicyclic) bond motifs is 1. The molecule has 1 fully saturated rings. The standard InChI is InChI=1S/C28H29N5O5/c1-36-20-11-10-19(22(15-20)37-2)16-31-25-24-23(17-6-8-18(9-7-17)28(35)38-3)32-26(33(24)14-13-29-25)21-5-4-12-30-27(21)34/h6-11,13-15,21H,4-5,12,16H2,1-3H3,(H,29,31)(H,30,34)/t21-/m1/s1. The van der Waals surface area contributed by atoms with E-state index >= 15 is 0 Å². The van der Waals surface area contributed by atoms with Crippen LogP contribution in [-0.2, 0) is 16.1 Å². The quantitative estimate of drug-likeness (QED) is 0.341. The van der Waals surface area contributed by atoms with E-state index in [9.17, 15) is 9.59 Å². The first-order chi connectivity index (χ1) is 18.5. The number of nitrogens with one attached hydrogen (secondary N) is 2. The molecule has 0 radical (unpaired) electrons. The zero-order valence-electron chi connectivity index (χ0n) is 21.5. The normalized spacial score (nSPS) is 15.1. The van der Waals surface area contributed by atoms with Crippen LogP contribution in [0.2, 0.25) is 0 Å². The van der Waals surface area contributed by atoms with Gasteiger partial charge in [0.2, 0.25) is 5.91 Å². The van der Waals surface area contributed by atoms with Gasteiger partial charge < -0.3 is 24.8 Å². The molecule has 1 atom stereocenters. The van der Waals surface area contributed by atoms with Crippen molar-refractivity contribution in [2.24, 2.45) is 0 Å². The fourth-order valence-electron chi connectivity index (χ4n) is 4.72. The molecule has 0 spiro atoms. The molecule has 2 aromatic carbocycles. The van der Waals surface area contributed by atoms with Gasteiger partial charge in [-0.3, -0.25) is 9.20 Å². The summed E-state index contributed by atoms with van der Waals surface area (Å²) in [6.07, 6.45) is 5.10. The molecule has 4 aromatic rings. The van der Waals surface area contributed by atoms with Gasteiger partial charge in [-0.25, -0.2) is 14.8 Å². The van der Waals surface area contributed by atoms with E-state index in [0.717, 1.165) is 23.1 Å². The summed E-state index contributed by atoms with van der Waals surface area (Å²) in [6.45, 7) is 1.10. The van der Waals surface area contributed by atoms with Crippen LogP contribution in [0.4, 0.5) is 5.82 Å². The van der Waals surface area contributed by atoms with Crippen molar-refractivity contribution in [2.45, 2.75) is 25.3 Å². The van der Waals surface area contributed by atoms with E-state index < -0.39 is 5.97 Å². The first-order valence-corrected chi connectivity index (χ1v) is 12.3. The molecular formula is C28H29N5O5. The Bertz CT molecular complexity index is 1480. The Labute approximate surface area is 220 Å². The summed E-state index contributed by atoms with van der Waals surface area (Å²) in [5.74, 6) is 1.82. The van der Waals surface area contributed by atoms with E-state index in [4.69, 9.17) is 19.2 Å². The summed E-state index contributed by atoms with van der Waals surface area (Å²) in [6, 6.07) is 12.7. The molecule has 0 bridgehead atoms. The van der Waals surface area contributed by atoms with E-state index in [1.807, 2.05) is 40.9 Å². The van der Waals surface area contributed by atoms with Crippen molar-refractivity contribution in [3.05, 3.63) is 71.8 Å².